The topological polar surface area (TPSA) is 51.1 Å². The Morgan fingerprint density at radius 1 is 1.19 bits per heavy atom. The number of aromatic nitrogens is 3. The number of nitrogens with zero attached hydrogens (tertiary/aromatic N) is 4. The molecule has 0 saturated carbocycles. The molecule has 0 aromatic carbocycles. The zero-order valence-electron chi connectivity index (χ0n) is 11.3. The molecule has 0 aliphatic carbocycles. The SMILES string of the molecule is c1csc(C2CN(c3ccc4nccnc4n3)CCO2)c1. The van der Waals surface area contributed by atoms with Crippen molar-refractivity contribution in [1.82, 2.24) is 15.0 Å². The first-order valence-corrected chi connectivity index (χ1v) is 7.76. The molecule has 5 nitrogen and oxygen atoms in total. The summed E-state index contributed by atoms with van der Waals surface area (Å²) in [4.78, 5) is 16.7. The standard InChI is InChI=1S/C15H14N4OS/c1-2-13(21-9-1)12-10-19(7-8-20-12)14-4-3-11-15(18-14)17-6-5-16-11/h1-6,9,12H,7-8,10H2. The van der Waals surface area contributed by atoms with Crippen molar-refractivity contribution in [1.29, 1.82) is 0 Å². The molecule has 4 heterocycles. The summed E-state index contributed by atoms with van der Waals surface area (Å²) in [7, 11) is 0. The van der Waals surface area contributed by atoms with Gasteiger partial charge in [0, 0.05) is 23.8 Å². The first-order valence-electron chi connectivity index (χ1n) is 6.88. The molecule has 21 heavy (non-hydrogen) atoms. The first kappa shape index (κ1) is 12.7. The molecule has 106 valence electrons. The van der Waals surface area contributed by atoms with Gasteiger partial charge < -0.3 is 9.64 Å². The molecule has 0 spiro atoms. The Morgan fingerprint density at radius 3 is 3.05 bits per heavy atom. The first-order chi connectivity index (χ1) is 10.4. The largest absolute Gasteiger partial charge is 0.369 e. The highest BCUT2D eigenvalue weighted by Crippen LogP contribution is 2.28. The lowest BCUT2D eigenvalue weighted by Crippen LogP contribution is -2.38. The molecular formula is C15H14N4OS. The Labute approximate surface area is 126 Å². The summed E-state index contributed by atoms with van der Waals surface area (Å²) in [6.07, 6.45) is 3.48. The minimum atomic E-state index is 0.123. The number of morpholine rings is 1. The lowest BCUT2D eigenvalue weighted by molar-refractivity contribution is 0.0419. The zero-order chi connectivity index (χ0) is 14.1. The van der Waals surface area contributed by atoms with Crippen LogP contribution in [0.2, 0.25) is 0 Å². The molecule has 1 fully saturated rings. The van der Waals surface area contributed by atoms with Gasteiger partial charge in [0.05, 0.1) is 13.2 Å². The normalized spacial score (nSPS) is 19.0. The lowest BCUT2D eigenvalue weighted by Gasteiger charge is -2.33. The second kappa shape index (κ2) is 5.38. The van der Waals surface area contributed by atoms with Gasteiger partial charge in [-0.1, -0.05) is 6.07 Å². The van der Waals surface area contributed by atoms with Gasteiger partial charge in [0.15, 0.2) is 5.65 Å². The zero-order valence-corrected chi connectivity index (χ0v) is 12.2. The number of anilines is 1. The molecule has 0 N–H and O–H groups in total. The summed E-state index contributed by atoms with van der Waals surface area (Å²) < 4.78 is 5.87. The Kier molecular flexibility index (Phi) is 3.25. The number of hydrogen-bond acceptors (Lipinski definition) is 6. The molecular weight excluding hydrogens is 284 g/mol. The smallest absolute Gasteiger partial charge is 0.180 e. The molecule has 4 rings (SSSR count). The van der Waals surface area contributed by atoms with E-state index in [0.717, 1.165) is 24.4 Å². The van der Waals surface area contributed by atoms with E-state index in [-0.39, 0.29) is 6.10 Å². The van der Waals surface area contributed by atoms with E-state index in [4.69, 9.17) is 4.74 Å². The van der Waals surface area contributed by atoms with Gasteiger partial charge in [-0.15, -0.1) is 11.3 Å². The van der Waals surface area contributed by atoms with Gasteiger partial charge >= 0.3 is 0 Å². The summed E-state index contributed by atoms with van der Waals surface area (Å²) in [6, 6.07) is 8.17. The Hall–Kier alpha value is -2.05. The van der Waals surface area contributed by atoms with Crippen LogP contribution in [0.15, 0.2) is 42.0 Å². The van der Waals surface area contributed by atoms with Crippen molar-refractivity contribution in [3.05, 3.63) is 46.9 Å². The number of hydrogen-bond donors (Lipinski definition) is 0. The van der Waals surface area contributed by atoms with E-state index in [1.54, 1.807) is 23.7 Å². The van der Waals surface area contributed by atoms with Crippen LogP contribution in [-0.4, -0.2) is 34.6 Å². The van der Waals surface area contributed by atoms with E-state index < -0.39 is 0 Å². The summed E-state index contributed by atoms with van der Waals surface area (Å²) in [6.45, 7) is 2.38. The van der Waals surface area contributed by atoms with Crippen molar-refractivity contribution in [2.24, 2.45) is 0 Å². The molecule has 3 aromatic rings. The van der Waals surface area contributed by atoms with Gasteiger partial charge in [-0.2, -0.15) is 0 Å². The highest BCUT2D eigenvalue weighted by molar-refractivity contribution is 7.10. The maximum atomic E-state index is 5.87. The number of fused-ring (bicyclic) bond motifs is 1. The van der Waals surface area contributed by atoms with Gasteiger partial charge in [0.2, 0.25) is 0 Å². The van der Waals surface area contributed by atoms with Crippen LogP contribution in [0.25, 0.3) is 11.2 Å². The van der Waals surface area contributed by atoms with Crippen LogP contribution in [0, 0.1) is 0 Å². The van der Waals surface area contributed by atoms with Crippen LogP contribution in [0.5, 0.6) is 0 Å². The molecule has 1 saturated heterocycles. The second-order valence-electron chi connectivity index (χ2n) is 4.89. The summed E-state index contributed by atoms with van der Waals surface area (Å²) >= 11 is 1.73. The Morgan fingerprint density at radius 2 is 2.14 bits per heavy atom. The maximum absolute atomic E-state index is 5.87. The molecule has 6 heteroatoms. The average molecular weight is 298 g/mol. The molecule has 1 aliphatic rings. The third kappa shape index (κ3) is 2.48. The van der Waals surface area contributed by atoms with Crippen LogP contribution in [-0.2, 0) is 4.74 Å². The van der Waals surface area contributed by atoms with Crippen LogP contribution in [0.3, 0.4) is 0 Å². The second-order valence-corrected chi connectivity index (χ2v) is 5.87. The van der Waals surface area contributed by atoms with Crippen molar-refractivity contribution >= 4 is 28.3 Å². The van der Waals surface area contributed by atoms with Crippen LogP contribution < -0.4 is 4.90 Å². The van der Waals surface area contributed by atoms with Crippen molar-refractivity contribution < 1.29 is 4.74 Å². The molecule has 1 unspecified atom stereocenters. The number of thiophene rings is 1. The Balaban J connectivity index is 1.62. The highest BCUT2D eigenvalue weighted by atomic mass is 32.1. The van der Waals surface area contributed by atoms with E-state index >= 15 is 0 Å². The predicted molar refractivity (Wildman–Crippen MR) is 82.6 cm³/mol. The van der Waals surface area contributed by atoms with Gasteiger partial charge in [0.25, 0.3) is 0 Å². The van der Waals surface area contributed by atoms with Crippen molar-refractivity contribution in [2.45, 2.75) is 6.10 Å². The minimum absolute atomic E-state index is 0.123. The van der Waals surface area contributed by atoms with Gasteiger partial charge in [-0.05, 0) is 23.6 Å². The fraction of sp³-hybridized carbons (Fsp3) is 0.267. The molecule has 0 radical (unpaired) electrons. The fourth-order valence-electron chi connectivity index (χ4n) is 2.52. The third-order valence-electron chi connectivity index (χ3n) is 3.57. The van der Waals surface area contributed by atoms with Crippen molar-refractivity contribution in [3.63, 3.8) is 0 Å². The predicted octanol–water partition coefficient (Wildman–Crippen LogP) is 2.66. The third-order valence-corrected chi connectivity index (χ3v) is 4.53. The fourth-order valence-corrected chi connectivity index (χ4v) is 3.29. The lowest BCUT2D eigenvalue weighted by atomic mass is 10.2. The quantitative estimate of drug-likeness (QED) is 0.728. The van der Waals surface area contributed by atoms with E-state index in [0.29, 0.717) is 12.3 Å². The van der Waals surface area contributed by atoms with Crippen molar-refractivity contribution in [3.8, 4) is 0 Å². The molecule has 3 aromatic heterocycles. The number of rotatable bonds is 2. The summed E-state index contributed by atoms with van der Waals surface area (Å²) in [5, 5.41) is 2.08. The van der Waals surface area contributed by atoms with Gasteiger partial charge in [0.1, 0.15) is 17.4 Å². The van der Waals surface area contributed by atoms with Crippen LogP contribution >= 0.6 is 11.3 Å². The van der Waals surface area contributed by atoms with Crippen LogP contribution in [0.1, 0.15) is 11.0 Å². The molecule has 1 atom stereocenters. The van der Waals surface area contributed by atoms with E-state index in [2.05, 4.69) is 37.4 Å². The number of ether oxygens (including phenoxy) is 1. The monoisotopic (exact) mass is 298 g/mol. The van der Waals surface area contributed by atoms with Gasteiger partial charge in [-0.3, -0.25) is 4.98 Å². The van der Waals surface area contributed by atoms with Crippen molar-refractivity contribution in [2.75, 3.05) is 24.6 Å². The van der Waals surface area contributed by atoms with E-state index in [1.165, 1.54) is 4.88 Å². The minimum Gasteiger partial charge on any atom is -0.369 e. The summed E-state index contributed by atoms with van der Waals surface area (Å²) in [5.41, 5.74) is 1.51. The molecule has 1 aliphatic heterocycles. The molecule has 0 amide bonds. The highest BCUT2D eigenvalue weighted by Gasteiger charge is 2.23. The van der Waals surface area contributed by atoms with E-state index in [1.807, 2.05) is 12.1 Å². The Bertz CT molecular complexity index is 746. The number of pyridine rings is 1. The summed E-state index contributed by atoms with van der Waals surface area (Å²) in [5.74, 6) is 0.938. The molecule has 0 bridgehead atoms. The average Bonchev–Trinajstić information content (AvgIpc) is 3.09. The van der Waals surface area contributed by atoms with Crippen LogP contribution in [0.4, 0.5) is 5.82 Å². The van der Waals surface area contributed by atoms with Gasteiger partial charge in [-0.25, -0.2) is 9.97 Å². The maximum Gasteiger partial charge on any atom is 0.180 e. The van der Waals surface area contributed by atoms with E-state index in [9.17, 15) is 0 Å².